The summed E-state index contributed by atoms with van der Waals surface area (Å²) in [6, 6.07) is 3.74. The number of halogens is 1. The number of pyridine rings is 1. The Bertz CT molecular complexity index is 633. The summed E-state index contributed by atoms with van der Waals surface area (Å²) in [5.41, 5.74) is 0.982. The zero-order valence-corrected chi connectivity index (χ0v) is 12.9. The summed E-state index contributed by atoms with van der Waals surface area (Å²) >= 11 is 6.21. The van der Waals surface area contributed by atoms with Crippen LogP contribution in [-0.4, -0.2) is 27.5 Å². The molecule has 0 saturated carbocycles. The zero-order valence-electron chi connectivity index (χ0n) is 12.1. The van der Waals surface area contributed by atoms with Gasteiger partial charge >= 0.3 is 0 Å². The number of rotatable bonds is 4. The van der Waals surface area contributed by atoms with Crippen LogP contribution < -0.4 is 5.32 Å². The third kappa shape index (κ3) is 2.63. The van der Waals surface area contributed by atoms with E-state index in [4.69, 9.17) is 11.6 Å². The second kappa shape index (κ2) is 5.40. The van der Waals surface area contributed by atoms with Crippen molar-refractivity contribution in [2.45, 2.75) is 32.7 Å². The number of nitrogens with one attached hydrogen (secondary N) is 1. The minimum atomic E-state index is -0.569. The van der Waals surface area contributed by atoms with Crippen molar-refractivity contribution in [1.29, 1.82) is 0 Å². The lowest BCUT2D eigenvalue weighted by Crippen LogP contribution is -2.38. The normalized spacial score (nSPS) is 13.4. The van der Waals surface area contributed by atoms with Crippen molar-refractivity contribution in [3.63, 3.8) is 0 Å². The van der Waals surface area contributed by atoms with Gasteiger partial charge in [-0.15, -0.1) is 11.6 Å². The number of hydrogen-bond donors (Lipinski definition) is 1. The molecule has 1 unspecified atom stereocenters. The van der Waals surface area contributed by atoms with Crippen molar-refractivity contribution < 1.29 is 4.79 Å². The lowest BCUT2D eigenvalue weighted by molar-refractivity contribution is -0.129. The largest absolute Gasteiger partial charge is 0.359 e. The molecule has 2 heterocycles. The molecule has 0 aliphatic rings. The van der Waals surface area contributed by atoms with E-state index in [9.17, 15) is 4.79 Å². The van der Waals surface area contributed by atoms with Crippen LogP contribution in [0.25, 0.3) is 11.2 Å². The molecule has 2 aromatic rings. The zero-order chi connectivity index (χ0) is 14.9. The first kappa shape index (κ1) is 14.8. The predicted molar refractivity (Wildman–Crippen MR) is 79.6 cm³/mol. The monoisotopic (exact) mass is 294 g/mol. The Kier molecular flexibility index (Phi) is 3.99. The second-order valence-corrected chi connectivity index (χ2v) is 6.14. The van der Waals surface area contributed by atoms with E-state index in [2.05, 4.69) is 15.3 Å². The number of amides is 1. The molecule has 0 aliphatic heterocycles. The van der Waals surface area contributed by atoms with Gasteiger partial charge in [-0.25, -0.2) is 9.97 Å². The van der Waals surface area contributed by atoms with Gasteiger partial charge < -0.3 is 9.88 Å². The Morgan fingerprint density at radius 2 is 2.25 bits per heavy atom. The Hall–Kier alpha value is -1.62. The van der Waals surface area contributed by atoms with Crippen molar-refractivity contribution in [2.75, 3.05) is 7.05 Å². The molecule has 0 aromatic carbocycles. The van der Waals surface area contributed by atoms with Crippen LogP contribution in [0, 0.1) is 5.41 Å². The van der Waals surface area contributed by atoms with E-state index in [0.717, 1.165) is 17.0 Å². The predicted octanol–water partition coefficient (Wildman–Crippen LogP) is 2.50. The maximum absolute atomic E-state index is 12.0. The van der Waals surface area contributed by atoms with E-state index in [1.807, 2.05) is 37.5 Å². The topological polar surface area (TPSA) is 59.8 Å². The van der Waals surface area contributed by atoms with Crippen molar-refractivity contribution in [3.8, 4) is 0 Å². The van der Waals surface area contributed by atoms with Crippen LogP contribution in [0.4, 0.5) is 0 Å². The molecule has 2 aromatic heterocycles. The highest BCUT2D eigenvalue weighted by atomic mass is 35.5. The van der Waals surface area contributed by atoms with Gasteiger partial charge in [0.1, 0.15) is 11.3 Å². The molecular weight excluding hydrogens is 276 g/mol. The molecule has 1 N–H and O–H groups in total. The average molecular weight is 295 g/mol. The van der Waals surface area contributed by atoms with E-state index >= 15 is 0 Å². The molecule has 0 fully saturated rings. The second-order valence-electron chi connectivity index (χ2n) is 5.48. The van der Waals surface area contributed by atoms with Crippen LogP contribution in [0.5, 0.6) is 0 Å². The number of aromatic nitrogens is 3. The SMILES string of the molecule is CNC(=O)C(C)(C)Cn1c(C(C)Cl)nc2cccnc21. The van der Waals surface area contributed by atoms with Gasteiger partial charge in [0.2, 0.25) is 5.91 Å². The van der Waals surface area contributed by atoms with Crippen LogP contribution in [0.15, 0.2) is 18.3 Å². The van der Waals surface area contributed by atoms with Crippen LogP contribution in [0.3, 0.4) is 0 Å². The summed E-state index contributed by atoms with van der Waals surface area (Å²) in [6.45, 7) is 6.13. The van der Waals surface area contributed by atoms with Gasteiger partial charge in [0.15, 0.2) is 5.65 Å². The fourth-order valence-corrected chi connectivity index (χ4v) is 2.41. The quantitative estimate of drug-likeness (QED) is 0.882. The molecule has 0 radical (unpaired) electrons. The fourth-order valence-electron chi connectivity index (χ4n) is 2.24. The molecule has 2 rings (SSSR count). The molecule has 1 amide bonds. The molecule has 108 valence electrons. The Labute approximate surface area is 123 Å². The average Bonchev–Trinajstić information content (AvgIpc) is 2.76. The van der Waals surface area contributed by atoms with Crippen molar-refractivity contribution in [2.24, 2.45) is 5.41 Å². The van der Waals surface area contributed by atoms with Crippen LogP contribution in [0.2, 0.25) is 0 Å². The number of alkyl halides is 1. The molecular formula is C14H19ClN4O. The number of carbonyl (C=O) groups is 1. The minimum absolute atomic E-state index is 0.0246. The summed E-state index contributed by atoms with van der Waals surface area (Å²) in [7, 11) is 1.64. The third-order valence-electron chi connectivity index (χ3n) is 3.28. The van der Waals surface area contributed by atoms with Crippen molar-refractivity contribution >= 4 is 28.7 Å². The van der Waals surface area contributed by atoms with E-state index in [0.29, 0.717) is 6.54 Å². The first-order valence-corrected chi connectivity index (χ1v) is 6.98. The Balaban J connectivity index is 2.52. The van der Waals surface area contributed by atoms with E-state index in [-0.39, 0.29) is 11.3 Å². The number of fused-ring (bicyclic) bond motifs is 1. The van der Waals surface area contributed by atoms with Crippen LogP contribution in [-0.2, 0) is 11.3 Å². The number of imidazole rings is 1. The van der Waals surface area contributed by atoms with Crippen LogP contribution in [0.1, 0.15) is 32.0 Å². The molecule has 0 bridgehead atoms. The van der Waals surface area contributed by atoms with Crippen LogP contribution >= 0.6 is 11.6 Å². The fraction of sp³-hybridized carbons (Fsp3) is 0.500. The highest BCUT2D eigenvalue weighted by Crippen LogP contribution is 2.27. The van der Waals surface area contributed by atoms with E-state index < -0.39 is 5.41 Å². The number of hydrogen-bond acceptors (Lipinski definition) is 3. The molecule has 6 heteroatoms. The lowest BCUT2D eigenvalue weighted by Gasteiger charge is -2.24. The van der Waals surface area contributed by atoms with Gasteiger partial charge in [-0.3, -0.25) is 4.79 Å². The van der Waals surface area contributed by atoms with E-state index in [1.165, 1.54) is 0 Å². The van der Waals surface area contributed by atoms with Crippen molar-refractivity contribution in [3.05, 3.63) is 24.2 Å². The molecule has 0 aliphatic carbocycles. The molecule has 5 nitrogen and oxygen atoms in total. The van der Waals surface area contributed by atoms with Gasteiger partial charge in [0.25, 0.3) is 0 Å². The minimum Gasteiger partial charge on any atom is -0.359 e. The van der Waals surface area contributed by atoms with Gasteiger partial charge in [-0.2, -0.15) is 0 Å². The molecule has 20 heavy (non-hydrogen) atoms. The summed E-state index contributed by atoms with van der Waals surface area (Å²) in [5, 5.41) is 2.44. The lowest BCUT2D eigenvalue weighted by atomic mass is 9.92. The summed E-state index contributed by atoms with van der Waals surface area (Å²) in [4.78, 5) is 20.9. The highest BCUT2D eigenvalue weighted by Gasteiger charge is 2.30. The summed E-state index contributed by atoms with van der Waals surface area (Å²) < 4.78 is 1.93. The molecule has 0 saturated heterocycles. The Morgan fingerprint density at radius 1 is 1.55 bits per heavy atom. The smallest absolute Gasteiger partial charge is 0.227 e. The van der Waals surface area contributed by atoms with Gasteiger partial charge in [0, 0.05) is 19.8 Å². The standard InChI is InChI=1S/C14H19ClN4O/c1-9(15)11-18-10-6-5-7-17-12(10)19(11)8-14(2,3)13(20)16-4/h5-7,9H,8H2,1-4H3,(H,16,20). The summed E-state index contributed by atoms with van der Waals surface area (Å²) in [6.07, 6.45) is 1.72. The third-order valence-corrected chi connectivity index (χ3v) is 3.48. The molecule has 0 spiro atoms. The molecule has 1 atom stereocenters. The van der Waals surface area contributed by atoms with Gasteiger partial charge in [-0.1, -0.05) is 0 Å². The Morgan fingerprint density at radius 3 is 2.85 bits per heavy atom. The maximum Gasteiger partial charge on any atom is 0.227 e. The van der Waals surface area contributed by atoms with Gasteiger partial charge in [-0.05, 0) is 32.9 Å². The maximum atomic E-state index is 12.0. The summed E-state index contributed by atoms with van der Waals surface area (Å²) in [5.74, 6) is 0.709. The number of carbonyl (C=O) groups excluding carboxylic acids is 1. The first-order valence-electron chi connectivity index (χ1n) is 6.54. The van der Waals surface area contributed by atoms with E-state index in [1.54, 1.807) is 13.2 Å². The number of nitrogens with zero attached hydrogens (tertiary/aromatic N) is 3. The van der Waals surface area contributed by atoms with Gasteiger partial charge in [0.05, 0.1) is 10.8 Å². The van der Waals surface area contributed by atoms with Crippen molar-refractivity contribution in [1.82, 2.24) is 19.9 Å². The highest BCUT2D eigenvalue weighted by molar-refractivity contribution is 6.20. The first-order chi connectivity index (χ1) is 9.36.